The molecule has 244 valence electrons. The van der Waals surface area contributed by atoms with E-state index in [1.54, 1.807) is 6.20 Å². The molecule has 1 spiro atoms. The third-order valence-corrected chi connectivity index (χ3v) is 12.4. The van der Waals surface area contributed by atoms with Gasteiger partial charge in [0, 0.05) is 38.2 Å². The molecule has 0 unspecified atom stereocenters. The zero-order valence-corrected chi connectivity index (χ0v) is 27.5. The predicted molar refractivity (Wildman–Crippen MR) is 180 cm³/mol. The minimum Gasteiger partial charge on any atom is -0.383 e. The molecule has 0 atom stereocenters. The van der Waals surface area contributed by atoms with Crippen molar-refractivity contribution in [3.8, 4) is 34.5 Å². The molecule has 2 aliphatic heterocycles. The van der Waals surface area contributed by atoms with Crippen LogP contribution in [-0.4, -0.2) is 85.7 Å². The van der Waals surface area contributed by atoms with Gasteiger partial charge in [0.1, 0.15) is 5.82 Å². The molecule has 2 saturated heterocycles. The molecule has 0 aromatic carbocycles. The quantitative estimate of drug-likeness (QED) is 0.294. The highest BCUT2D eigenvalue weighted by molar-refractivity contribution is 7.90. The maximum absolute atomic E-state index is 12.6. The maximum atomic E-state index is 12.6. The molecule has 2 aliphatic carbocycles. The second kappa shape index (κ2) is 11.8. The molecule has 12 nitrogen and oxygen atoms in total. The van der Waals surface area contributed by atoms with Gasteiger partial charge in [0.2, 0.25) is 0 Å². The topological polar surface area (TPSA) is 141 Å². The third kappa shape index (κ3) is 6.24. The number of anilines is 2. The number of nitrogen functional groups attached to an aromatic ring is 1. The second-order valence-electron chi connectivity index (χ2n) is 13.9. The molecule has 47 heavy (non-hydrogen) atoms. The minimum absolute atomic E-state index is 0.261. The van der Waals surface area contributed by atoms with Gasteiger partial charge in [-0.1, -0.05) is 11.8 Å². The van der Waals surface area contributed by atoms with E-state index in [1.165, 1.54) is 38.1 Å². The molecule has 4 fully saturated rings. The van der Waals surface area contributed by atoms with E-state index in [0.29, 0.717) is 40.9 Å². The summed E-state index contributed by atoms with van der Waals surface area (Å²) in [4.78, 5) is 18.7. The molecule has 0 bridgehead atoms. The number of aromatic nitrogens is 7. The largest absolute Gasteiger partial charge is 0.383 e. The molecule has 2 N–H and O–H groups in total. The standard InChI is InChI=1S/C34H40N10O2S/c1-41-12-8-34(9-13-41)10-14-42(15-11-34)31-16-30(36-18-26(31)5-4-25-17-38-43(22-25)21-24-2-3-24)29-20-37-33(40-32(29)35)27-19-39-44(23-27)47(45,46)28-6-7-28/h16-20,22-24,28H,2-3,6-15,21H2,1H3,(H2,35,37,40). The molecule has 0 radical (unpaired) electrons. The normalized spacial score (nSPS) is 19.9. The fourth-order valence-electron chi connectivity index (χ4n) is 6.81. The Morgan fingerprint density at radius 3 is 2.40 bits per heavy atom. The van der Waals surface area contributed by atoms with Crippen LogP contribution in [0.2, 0.25) is 0 Å². The summed E-state index contributed by atoms with van der Waals surface area (Å²) >= 11 is 0. The Morgan fingerprint density at radius 1 is 0.915 bits per heavy atom. The molecule has 8 rings (SSSR count). The van der Waals surface area contributed by atoms with Gasteiger partial charge in [-0.25, -0.2) is 18.4 Å². The second-order valence-corrected chi connectivity index (χ2v) is 15.9. The van der Waals surface area contributed by atoms with Gasteiger partial charge in [0.05, 0.1) is 57.5 Å². The van der Waals surface area contributed by atoms with E-state index in [-0.39, 0.29) is 11.1 Å². The van der Waals surface area contributed by atoms with Crippen LogP contribution in [0.25, 0.3) is 22.6 Å². The average Bonchev–Trinajstić information content (AvgIpc) is 4.00. The van der Waals surface area contributed by atoms with E-state index in [4.69, 9.17) is 10.7 Å². The summed E-state index contributed by atoms with van der Waals surface area (Å²) in [6.45, 7) is 5.20. The lowest BCUT2D eigenvalue weighted by molar-refractivity contribution is 0.0945. The maximum Gasteiger partial charge on any atom is 0.256 e. The molecule has 6 heterocycles. The van der Waals surface area contributed by atoms with Crippen molar-refractivity contribution in [2.45, 2.75) is 63.2 Å². The van der Waals surface area contributed by atoms with Crippen molar-refractivity contribution in [1.82, 2.24) is 38.8 Å². The summed E-state index contributed by atoms with van der Waals surface area (Å²) in [5.41, 5.74) is 11.5. The first-order valence-electron chi connectivity index (χ1n) is 16.7. The van der Waals surface area contributed by atoms with Crippen LogP contribution in [-0.2, 0) is 16.6 Å². The van der Waals surface area contributed by atoms with Crippen molar-refractivity contribution >= 4 is 21.5 Å². The number of hydrogen-bond acceptors (Lipinski definition) is 10. The van der Waals surface area contributed by atoms with Crippen LogP contribution in [0.4, 0.5) is 11.5 Å². The van der Waals surface area contributed by atoms with Gasteiger partial charge in [-0.3, -0.25) is 9.67 Å². The van der Waals surface area contributed by atoms with Gasteiger partial charge >= 0.3 is 0 Å². The summed E-state index contributed by atoms with van der Waals surface area (Å²) in [7, 11) is -1.27. The smallest absolute Gasteiger partial charge is 0.256 e. The SMILES string of the molecule is CN1CCC2(CC1)CCN(c1cc(-c3cnc(-c4cnn(S(=O)(=O)C5CC5)c4)nc3N)ncc1C#Cc1cnn(CC3CC3)c1)CC2. The molecule has 4 aromatic heterocycles. The third-order valence-electron chi connectivity index (χ3n) is 10.3. The number of piperidine rings is 2. The van der Waals surface area contributed by atoms with Crippen LogP contribution in [0.15, 0.2) is 43.2 Å². The fraction of sp³-hybridized carbons (Fsp3) is 0.500. The van der Waals surface area contributed by atoms with E-state index in [2.05, 4.69) is 54.9 Å². The Labute approximate surface area is 275 Å². The summed E-state index contributed by atoms with van der Waals surface area (Å²) in [5.74, 6) is 8.05. The summed E-state index contributed by atoms with van der Waals surface area (Å²) in [5, 5.41) is 8.22. The zero-order chi connectivity index (χ0) is 32.2. The zero-order valence-electron chi connectivity index (χ0n) is 26.7. The number of nitrogens with zero attached hydrogens (tertiary/aromatic N) is 9. The number of pyridine rings is 1. The summed E-state index contributed by atoms with van der Waals surface area (Å²) in [6, 6.07) is 2.06. The van der Waals surface area contributed by atoms with E-state index < -0.39 is 10.0 Å². The Hall–Kier alpha value is -4.28. The van der Waals surface area contributed by atoms with E-state index in [1.807, 2.05) is 23.3 Å². The van der Waals surface area contributed by atoms with Crippen LogP contribution in [0, 0.1) is 23.2 Å². The van der Waals surface area contributed by atoms with Crippen molar-refractivity contribution in [3.63, 3.8) is 0 Å². The highest BCUT2D eigenvalue weighted by Crippen LogP contribution is 2.43. The van der Waals surface area contributed by atoms with Crippen LogP contribution >= 0.6 is 0 Å². The van der Waals surface area contributed by atoms with Crippen LogP contribution < -0.4 is 10.6 Å². The lowest BCUT2D eigenvalue weighted by atomic mass is 9.71. The van der Waals surface area contributed by atoms with Crippen molar-refractivity contribution in [2.75, 3.05) is 43.9 Å². The molecule has 2 saturated carbocycles. The number of likely N-dealkylation sites (tertiary alicyclic amines) is 1. The summed E-state index contributed by atoms with van der Waals surface area (Å²) < 4.78 is 28.2. The Morgan fingerprint density at radius 2 is 1.68 bits per heavy atom. The number of nitrogens with two attached hydrogens (primary N) is 1. The lowest BCUT2D eigenvalue weighted by Gasteiger charge is -2.47. The van der Waals surface area contributed by atoms with E-state index in [9.17, 15) is 8.42 Å². The first-order valence-corrected chi connectivity index (χ1v) is 18.2. The van der Waals surface area contributed by atoms with Gasteiger partial charge < -0.3 is 15.5 Å². The first kappa shape index (κ1) is 30.1. The fourth-order valence-corrected chi connectivity index (χ4v) is 8.28. The van der Waals surface area contributed by atoms with Gasteiger partial charge in [-0.15, -0.1) is 0 Å². The lowest BCUT2D eigenvalue weighted by Crippen LogP contribution is -2.46. The first-order chi connectivity index (χ1) is 22.7. The van der Waals surface area contributed by atoms with Gasteiger partial charge in [-0.2, -0.15) is 14.3 Å². The average molecular weight is 653 g/mol. The molecule has 13 heteroatoms. The van der Waals surface area contributed by atoms with E-state index in [0.717, 1.165) is 72.4 Å². The highest BCUT2D eigenvalue weighted by Gasteiger charge is 2.38. The molecule has 4 aromatic rings. The number of hydrogen-bond donors (Lipinski definition) is 1. The molecular weight excluding hydrogens is 613 g/mol. The van der Waals surface area contributed by atoms with Gasteiger partial charge in [-0.05, 0) is 88.9 Å². The van der Waals surface area contributed by atoms with Crippen LogP contribution in [0.3, 0.4) is 0 Å². The van der Waals surface area contributed by atoms with E-state index >= 15 is 0 Å². The van der Waals surface area contributed by atoms with Gasteiger partial charge in [0.25, 0.3) is 10.0 Å². The monoisotopic (exact) mass is 652 g/mol. The molecular formula is C34H40N10O2S. The van der Waals surface area contributed by atoms with Crippen LogP contribution in [0.1, 0.15) is 62.5 Å². The predicted octanol–water partition coefficient (Wildman–Crippen LogP) is 3.64. The molecule has 4 aliphatic rings. The van der Waals surface area contributed by atoms with Crippen molar-refractivity contribution in [1.29, 1.82) is 0 Å². The van der Waals surface area contributed by atoms with Crippen LogP contribution in [0.5, 0.6) is 0 Å². The Balaban J connectivity index is 1.08. The number of rotatable bonds is 7. The highest BCUT2D eigenvalue weighted by atomic mass is 32.2. The van der Waals surface area contributed by atoms with Gasteiger partial charge in [0.15, 0.2) is 5.82 Å². The molecule has 0 amide bonds. The minimum atomic E-state index is -3.48. The van der Waals surface area contributed by atoms with Crippen molar-refractivity contribution in [2.24, 2.45) is 11.3 Å². The summed E-state index contributed by atoms with van der Waals surface area (Å²) in [6.07, 6.45) is 19.0. The Kier molecular flexibility index (Phi) is 7.52. The van der Waals surface area contributed by atoms with Crippen molar-refractivity contribution in [3.05, 3.63) is 54.4 Å². The Bertz CT molecular complexity index is 1960. The van der Waals surface area contributed by atoms with Crippen molar-refractivity contribution < 1.29 is 8.42 Å².